The predicted octanol–water partition coefficient (Wildman–Crippen LogP) is 3.94. The van der Waals surface area contributed by atoms with Gasteiger partial charge in [0.1, 0.15) is 11.4 Å². The van der Waals surface area contributed by atoms with Gasteiger partial charge in [-0.1, -0.05) is 12.1 Å². The van der Waals surface area contributed by atoms with Crippen LogP contribution in [0.1, 0.15) is 45.6 Å². The first kappa shape index (κ1) is 25.4. The number of rotatable bonds is 8. The fourth-order valence-electron chi connectivity index (χ4n) is 4.50. The third-order valence-corrected chi connectivity index (χ3v) is 6.28. The molecule has 2 aromatic rings. The molecule has 8 nitrogen and oxygen atoms in total. The molecule has 1 atom stereocenters. The van der Waals surface area contributed by atoms with Gasteiger partial charge in [-0.3, -0.25) is 4.79 Å². The minimum absolute atomic E-state index is 0.128. The topological polar surface area (TPSA) is 73.2 Å². The Morgan fingerprint density at radius 1 is 1.26 bits per heavy atom. The van der Waals surface area contributed by atoms with Gasteiger partial charge in [0.25, 0.3) is 5.91 Å². The number of hydrogen-bond donors (Lipinski definition) is 0. The number of fused-ring (bicyclic) bond motifs is 1. The van der Waals surface area contributed by atoms with Gasteiger partial charge in [-0.25, -0.2) is 9.18 Å². The average molecular weight is 490 g/mol. The molecule has 1 aromatic heterocycles. The maximum Gasteiger partial charge on any atom is 0.410 e. The van der Waals surface area contributed by atoms with E-state index >= 15 is 0 Å². The highest BCUT2D eigenvalue weighted by atomic mass is 19.1. The van der Waals surface area contributed by atoms with E-state index in [-0.39, 0.29) is 30.9 Å². The first-order chi connectivity index (χ1) is 16.7. The van der Waals surface area contributed by atoms with Crippen LogP contribution in [0.25, 0.3) is 10.9 Å². The summed E-state index contributed by atoms with van der Waals surface area (Å²) < 4.78 is 33.1. The number of halogens is 1. The SMILES string of the molecule is COCCCn1cc(CN(C(=O)[C@H]2CN(C(=O)OC(C)(C)C)CCO2)C2CC2)c2cccc(F)c21. The van der Waals surface area contributed by atoms with Gasteiger partial charge < -0.3 is 28.6 Å². The van der Waals surface area contributed by atoms with Crippen LogP contribution in [-0.2, 0) is 32.1 Å². The molecule has 0 bridgehead atoms. The minimum atomic E-state index is -0.747. The largest absolute Gasteiger partial charge is 0.444 e. The lowest BCUT2D eigenvalue weighted by molar-refractivity contribution is -0.150. The molecule has 0 unspecified atom stereocenters. The van der Waals surface area contributed by atoms with Crippen molar-refractivity contribution < 1.29 is 28.2 Å². The lowest BCUT2D eigenvalue weighted by Crippen LogP contribution is -2.53. The molecule has 35 heavy (non-hydrogen) atoms. The maximum absolute atomic E-state index is 14.8. The molecule has 1 saturated heterocycles. The standard InChI is InChI=1S/C26H36FN3O5/c1-26(2,3)35-25(32)29-12-14-34-22(17-29)24(31)30(19-9-10-19)16-18-15-28(11-6-13-33-4)23-20(18)7-5-8-21(23)27/h5,7-8,15,19,22H,6,9-14,16-17H2,1-4H3/t22-/m1/s1. The summed E-state index contributed by atoms with van der Waals surface area (Å²) in [4.78, 5) is 29.5. The lowest BCUT2D eigenvalue weighted by Gasteiger charge is -2.35. The van der Waals surface area contributed by atoms with Gasteiger partial charge >= 0.3 is 6.09 Å². The van der Waals surface area contributed by atoms with Crippen molar-refractivity contribution in [3.05, 3.63) is 35.8 Å². The molecule has 1 saturated carbocycles. The molecule has 0 spiro atoms. The fraction of sp³-hybridized carbons (Fsp3) is 0.615. The zero-order valence-electron chi connectivity index (χ0n) is 21.1. The Bertz CT molecular complexity index is 1060. The van der Waals surface area contributed by atoms with E-state index < -0.39 is 17.8 Å². The lowest BCUT2D eigenvalue weighted by atomic mass is 10.1. The second-order valence-electron chi connectivity index (χ2n) is 10.3. The van der Waals surface area contributed by atoms with Crippen LogP contribution in [-0.4, -0.2) is 77.5 Å². The van der Waals surface area contributed by atoms with Gasteiger partial charge in [-0.2, -0.15) is 0 Å². The van der Waals surface area contributed by atoms with E-state index in [4.69, 9.17) is 14.2 Å². The Morgan fingerprint density at radius 3 is 2.71 bits per heavy atom. The van der Waals surface area contributed by atoms with Crippen molar-refractivity contribution in [1.82, 2.24) is 14.4 Å². The monoisotopic (exact) mass is 489 g/mol. The third-order valence-electron chi connectivity index (χ3n) is 6.28. The highest BCUT2D eigenvalue weighted by Crippen LogP contribution is 2.32. The summed E-state index contributed by atoms with van der Waals surface area (Å²) in [6.45, 7) is 7.85. The van der Waals surface area contributed by atoms with Gasteiger partial charge in [-0.05, 0) is 51.7 Å². The summed E-state index contributed by atoms with van der Waals surface area (Å²) >= 11 is 0. The van der Waals surface area contributed by atoms with Crippen molar-refractivity contribution >= 4 is 22.9 Å². The van der Waals surface area contributed by atoms with Crippen molar-refractivity contribution in [3.63, 3.8) is 0 Å². The molecule has 1 aliphatic carbocycles. The van der Waals surface area contributed by atoms with Crippen LogP contribution < -0.4 is 0 Å². The molecule has 2 amide bonds. The second-order valence-corrected chi connectivity index (χ2v) is 10.3. The summed E-state index contributed by atoms with van der Waals surface area (Å²) in [5.41, 5.74) is 0.839. The average Bonchev–Trinajstić information content (AvgIpc) is 3.59. The Kier molecular flexibility index (Phi) is 7.66. The number of aromatic nitrogens is 1. The zero-order chi connectivity index (χ0) is 25.2. The molecule has 2 fully saturated rings. The van der Waals surface area contributed by atoms with E-state index in [0.717, 1.165) is 30.2 Å². The number of hydrogen-bond acceptors (Lipinski definition) is 5. The number of nitrogens with zero attached hydrogens (tertiary/aromatic N) is 3. The number of methoxy groups -OCH3 is 1. The number of morpholine rings is 1. The molecule has 192 valence electrons. The van der Waals surface area contributed by atoms with Crippen molar-refractivity contribution in [2.45, 2.75) is 70.9 Å². The van der Waals surface area contributed by atoms with Gasteiger partial charge in [0.05, 0.1) is 18.7 Å². The Labute approximate surface area is 205 Å². The molecule has 4 rings (SSSR count). The minimum Gasteiger partial charge on any atom is -0.444 e. The highest BCUT2D eigenvalue weighted by molar-refractivity contribution is 5.86. The van der Waals surface area contributed by atoms with Gasteiger partial charge in [0.15, 0.2) is 6.10 Å². The van der Waals surface area contributed by atoms with Gasteiger partial charge in [0.2, 0.25) is 0 Å². The summed E-state index contributed by atoms with van der Waals surface area (Å²) in [6, 6.07) is 5.19. The van der Waals surface area contributed by atoms with Crippen LogP contribution >= 0.6 is 0 Å². The molecule has 9 heteroatoms. The normalized spacial score (nSPS) is 18.7. The van der Waals surface area contributed by atoms with Crippen LogP contribution in [0, 0.1) is 5.82 Å². The molecular weight excluding hydrogens is 453 g/mol. The highest BCUT2D eigenvalue weighted by Gasteiger charge is 2.39. The molecule has 1 aromatic carbocycles. The molecule has 2 heterocycles. The van der Waals surface area contributed by atoms with E-state index in [9.17, 15) is 14.0 Å². The molecule has 2 aliphatic rings. The van der Waals surface area contributed by atoms with E-state index in [1.807, 2.05) is 42.5 Å². The predicted molar refractivity (Wildman–Crippen MR) is 130 cm³/mol. The number of carbonyl (C=O) groups is 2. The molecule has 0 N–H and O–H groups in total. The summed E-state index contributed by atoms with van der Waals surface area (Å²) in [5.74, 6) is -0.420. The van der Waals surface area contributed by atoms with Crippen LogP contribution in [0.5, 0.6) is 0 Å². The Balaban J connectivity index is 1.52. The summed E-state index contributed by atoms with van der Waals surface area (Å²) in [5, 5.41) is 0.806. The number of amides is 2. The first-order valence-electron chi connectivity index (χ1n) is 12.3. The van der Waals surface area contributed by atoms with Crippen molar-refractivity contribution in [2.24, 2.45) is 0 Å². The van der Waals surface area contributed by atoms with Crippen molar-refractivity contribution in [3.8, 4) is 0 Å². The van der Waals surface area contributed by atoms with E-state index in [1.54, 1.807) is 18.1 Å². The van der Waals surface area contributed by atoms with Crippen LogP contribution in [0.15, 0.2) is 24.4 Å². The van der Waals surface area contributed by atoms with Crippen molar-refractivity contribution in [2.75, 3.05) is 33.4 Å². The van der Waals surface area contributed by atoms with E-state index in [0.29, 0.717) is 31.8 Å². The second kappa shape index (κ2) is 10.5. The molecule has 1 aliphatic heterocycles. The van der Waals surface area contributed by atoms with Crippen LogP contribution in [0.2, 0.25) is 0 Å². The molecule has 0 radical (unpaired) electrons. The van der Waals surface area contributed by atoms with Crippen LogP contribution in [0.3, 0.4) is 0 Å². The number of carbonyl (C=O) groups excluding carboxylic acids is 2. The summed E-state index contributed by atoms with van der Waals surface area (Å²) in [6.07, 6.45) is 3.37. The maximum atomic E-state index is 14.8. The quantitative estimate of drug-likeness (QED) is 0.525. The summed E-state index contributed by atoms with van der Waals surface area (Å²) in [7, 11) is 1.65. The van der Waals surface area contributed by atoms with E-state index in [2.05, 4.69) is 0 Å². The third kappa shape index (κ3) is 6.13. The Hall–Kier alpha value is -2.65. The molecular formula is C26H36FN3O5. The number of ether oxygens (including phenoxy) is 3. The number of aryl methyl sites for hydroxylation is 1. The van der Waals surface area contributed by atoms with Crippen LogP contribution in [0.4, 0.5) is 9.18 Å². The van der Waals surface area contributed by atoms with Gasteiger partial charge in [-0.15, -0.1) is 0 Å². The number of para-hydroxylation sites is 1. The fourth-order valence-corrected chi connectivity index (χ4v) is 4.50. The zero-order valence-corrected chi connectivity index (χ0v) is 21.1. The number of benzene rings is 1. The first-order valence-corrected chi connectivity index (χ1v) is 12.3. The van der Waals surface area contributed by atoms with E-state index in [1.165, 1.54) is 6.07 Å². The van der Waals surface area contributed by atoms with Gasteiger partial charge in [0, 0.05) is 51.0 Å². The smallest absolute Gasteiger partial charge is 0.410 e. The Morgan fingerprint density at radius 2 is 2.03 bits per heavy atom. The van der Waals surface area contributed by atoms with Crippen molar-refractivity contribution in [1.29, 1.82) is 0 Å².